The Balaban J connectivity index is 2.21. The van der Waals surface area contributed by atoms with Crippen LogP contribution >= 0.6 is 0 Å². The molecule has 1 aromatic carbocycles. The van der Waals surface area contributed by atoms with Crippen molar-refractivity contribution in [2.45, 2.75) is 12.0 Å². The average Bonchev–Trinajstić information content (AvgIpc) is 2.49. The van der Waals surface area contributed by atoms with Crippen molar-refractivity contribution < 1.29 is 14.3 Å². The molecule has 1 saturated heterocycles. The zero-order valence-electron chi connectivity index (χ0n) is 11.2. The number of rotatable bonds is 4. The number of primary amides is 1. The number of nitrogens with two attached hydrogens (primary N) is 2. The van der Waals surface area contributed by atoms with E-state index in [1.165, 1.54) is 4.90 Å². The van der Waals surface area contributed by atoms with Crippen molar-refractivity contribution in [1.82, 2.24) is 4.90 Å². The van der Waals surface area contributed by atoms with Gasteiger partial charge in [0.15, 0.2) is 0 Å². The quantitative estimate of drug-likeness (QED) is 0.770. The van der Waals surface area contributed by atoms with Crippen molar-refractivity contribution in [3.8, 4) is 0 Å². The van der Waals surface area contributed by atoms with Crippen LogP contribution in [0.1, 0.15) is 11.5 Å². The summed E-state index contributed by atoms with van der Waals surface area (Å²) in [5.74, 6) is -1.19. The number of nitrogens with zero attached hydrogens (tertiary/aromatic N) is 1. The molecule has 20 heavy (non-hydrogen) atoms. The van der Waals surface area contributed by atoms with Crippen LogP contribution in [0.5, 0.6) is 0 Å². The van der Waals surface area contributed by atoms with Crippen molar-refractivity contribution in [3.05, 3.63) is 35.9 Å². The Kier molecular flexibility index (Phi) is 4.70. The minimum atomic E-state index is -0.714. The highest BCUT2D eigenvalue weighted by Crippen LogP contribution is 2.20. The van der Waals surface area contributed by atoms with Crippen LogP contribution in [0.25, 0.3) is 0 Å². The summed E-state index contributed by atoms with van der Waals surface area (Å²) in [6, 6.07) is 8.59. The third-order valence-corrected chi connectivity index (χ3v) is 3.48. The van der Waals surface area contributed by atoms with Crippen LogP contribution in [0.3, 0.4) is 0 Å². The number of hydrogen-bond acceptors (Lipinski definition) is 4. The van der Waals surface area contributed by atoms with Crippen LogP contribution in [0.4, 0.5) is 0 Å². The Labute approximate surface area is 117 Å². The van der Waals surface area contributed by atoms with Gasteiger partial charge in [-0.2, -0.15) is 0 Å². The van der Waals surface area contributed by atoms with E-state index in [0.717, 1.165) is 5.56 Å². The normalized spacial score (nSPS) is 20.4. The summed E-state index contributed by atoms with van der Waals surface area (Å²) in [5.41, 5.74) is 11.9. The van der Waals surface area contributed by atoms with Gasteiger partial charge in [-0.1, -0.05) is 30.3 Å². The summed E-state index contributed by atoms with van der Waals surface area (Å²) in [6.07, 6.45) is 0. The molecule has 1 fully saturated rings. The number of benzene rings is 1. The number of hydrogen-bond donors (Lipinski definition) is 2. The molecule has 1 heterocycles. The fourth-order valence-electron chi connectivity index (χ4n) is 2.37. The molecule has 0 saturated carbocycles. The Morgan fingerprint density at radius 3 is 2.65 bits per heavy atom. The molecule has 108 valence electrons. The molecule has 1 aliphatic heterocycles. The van der Waals surface area contributed by atoms with Gasteiger partial charge in [-0.3, -0.25) is 9.59 Å². The molecular weight excluding hydrogens is 258 g/mol. The van der Waals surface area contributed by atoms with Gasteiger partial charge in [0.05, 0.1) is 19.1 Å². The van der Waals surface area contributed by atoms with E-state index in [-0.39, 0.29) is 19.1 Å². The maximum Gasteiger partial charge on any atom is 0.242 e. The van der Waals surface area contributed by atoms with Crippen molar-refractivity contribution in [1.29, 1.82) is 0 Å². The topological polar surface area (TPSA) is 98.7 Å². The van der Waals surface area contributed by atoms with Crippen molar-refractivity contribution in [3.63, 3.8) is 0 Å². The fraction of sp³-hybridized carbons (Fsp3) is 0.429. The number of morpholine rings is 1. The highest BCUT2D eigenvalue weighted by molar-refractivity contribution is 5.90. The van der Waals surface area contributed by atoms with Crippen LogP contribution in [-0.4, -0.2) is 49.1 Å². The van der Waals surface area contributed by atoms with Crippen LogP contribution in [0.2, 0.25) is 0 Å². The lowest BCUT2D eigenvalue weighted by Gasteiger charge is -2.35. The lowest BCUT2D eigenvalue weighted by Crippen LogP contribution is -2.56. The van der Waals surface area contributed by atoms with Crippen molar-refractivity contribution >= 4 is 11.8 Å². The van der Waals surface area contributed by atoms with Gasteiger partial charge in [0.25, 0.3) is 0 Å². The minimum absolute atomic E-state index is 0.146. The first kappa shape index (κ1) is 14.5. The molecule has 0 aliphatic carbocycles. The molecule has 6 heteroatoms. The largest absolute Gasteiger partial charge is 0.377 e. The molecule has 6 nitrogen and oxygen atoms in total. The van der Waals surface area contributed by atoms with E-state index in [1.807, 2.05) is 30.3 Å². The van der Waals surface area contributed by atoms with Gasteiger partial charge < -0.3 is 21.1 Å². The van der Waals surface area contributed by atoms with Gasteiger partial charge >= 0.3 is 0 Å². The van der Waals surface area contributed by atoms with Gasteiger partial charge in [-0.05, 0) is 5.56 Å². The van der Waals surface area contributed by atoms with Crippen LogP contribution < -0.4 is 11.5 Å². The van der Waals surface area contributed by atoms with Gasteiger partial charge in [0.1, 0.15) is 6.04 Å². The van der Waals surface area contributed by atoms with E-state index in [0.29, 0.717) is 13.2 Å². The van der Waals surface area contributed by atoms with E-state index >= 15 is 0 Å². The highest BCUT2D eigenvalue weighted by atomic mass is 16.5. The van der Waals surface area contributed by atoms with E-state index in [1.54, 1.807) is 0 Å². The average molecular weight is 277 g/mol. The SMILES string of the molecule is NCC(C(=O)N1CCOCC1C(N)=O)c1ccccc1. The van der Waals surface area contributed by atoms with E-state index in [9.17, 15) is 9.59 Å². The van der Waals surface area contributed by atoms with E-state index in [2.05, 4.69) is 0 Å². The number of ether oxygens (including phenoxy) is 1. The van der Waals surface area contributed by atoms with Crippen LogP contribution in [0, 0.1) is 0 Å². The summed E-state index contributed by atoms with van der Waals surface area (Å²) >= 11 is 0. The Bertz CT molecular complexity index is 478. The van der Waals surface area contributed by atoms with Gasteiger partial charge in [0, 0.05) is 13.1 Å². The lowest BCUT2D eigenvalue weighted by atomic mass is 9.96. The first-order valence-electron chi connectivity index (χ1n) is 6.57. The molecule has 2 amide bonds. The monoisotopic (exact) mass is 277 g/mol. The van der Waals surface area contributed by atoms with Crippen LogP contribution in [-0.2, 0) is 14.3 Å². The minimum Gasteiger partial charge on any atom is -0.377 e. The third kappa shape index (κ3) is 2.97. The molecule has 1 aliphatic rings. The molecular formula is C14H19N3O3. The van der Waals surface area contributed by atoms with E-state index < -0.39 is 17.9 Å². The maximum absolute atomic E-state index is 12.6. The summed E-state index contributed by atoms with van der Waals surface area (Å²) < 4.78 is 5.22. The maximum atomic E-state index is 12.6. The zero-order valence-corrected chi connectivity index (χ0v) is 11.2. The predicted octanol–water partition coefficient (Wildman–Crippen LogP) is -0.558. The number of carbonyl (C=O) groups excluding carboxylic acids is 2. The molecule has 1 aromatic rings. The molecule has 4 N–H and O–H groups in total. The second-order valence-electron chi connectivity index (χ2n) is 4.72. The second-order valence-corrected chi connectivity index (χ2v) is 4.72. The van der Waals surface area contributed by atoms with Gasteiger partial charge in [-0.25, -0.2) is 0 Å². The summed E-state index contributed by atoms with van der Waals surface area (Å²) in [4.78, 5) is 25.5. The second kappa shape index (κ2) is 6.49. The highest BCUT2D eigenvalue weighted by Gasteiger charge is 2.35. The first-order valence-corrected chi connectivity index (χ1v) is 6.57. The molecule has 2 rings (SSSR count). The lowest BCUT2D eigenvalue weighted by molar-refractivity contribution is -0.148. The third-order valence-electron chi connectivity index (χ3n) is 3.48. The fourth-order valence-corrected chi connectivity index (χ4v) is 2.37. The van der Waals surface area contributed by atoms with E-state index in [4.69, 9.17) is 16.2 Å². The molecule has 2 unspecified atom stereocenters. The van der Waals surface area contributed by atoms with Crippen molar-refractivity contribution in [2.24, 2.45) is 11.5 Å². The van der Waals surface area contributed by atoms with Gasteiger partial charge in [-0.15, -0.1) is 0 Å². The Morgan fingerprint density at radius 1 is 1.35 bits per heavy atom. The Hall–Kier alpha value is -1.92. The summed E-state index contributed by atoms with van der Waals surface area (Å²) in [7, 11) is 0. The molecule has 0 bridgehead atoms. The molecule has 0 radical (unpaired) electrons. The summed E-state index contributed by atoms with van der Waals surface area (Å²) in [5, 5.41) is 0. The molecule has 0 spiro atoms. The number of amides is 2. The standard InChI is InChI=1S/C14H19N3O3/c15-8-11(10-4-2-1-3-5-10)14(19)17-6-7-20-9-12(17)13(16)18/h1-5,11-12H,6-9,15H2,(H2,16,18). The smallest absolute Gasteiger partial charge is 0.242 e. The molecule has 2 atom stereocenters. The molecule has 0 aromatic heterocycles. The van der Waals surface area contributed by atoms with Crippen molar-refractivity contribution in [2.75, 3.05) is 26.3 Å². The number of carbonyl (C=O) groups is 2. The Morgan fingerprint density at radius 2 is 2.05 bits per heavy atom. The first-order chi connectivity index (χ1) is 9.65. The zero-order chi connectivity index (χ0) is 14.5. The summed E-state index contributed by atoms with van der Waals surface area (Å²) in [6.45, 7) is 1.09. The van der Waals surface area contributed by atoms with Crippen LogP contribution in [0.15, 0.2) is 30.3 Å². The van der Waals surface area contributed by atoms with Gasteiger partial charge in [0.2, 0.25) is 11.8 Å². The predicted molar refractivity (Wildman–Crippen MR) is 73.8 cm³/mol.